The number of benzene rings is 2. The van der Waals surface area contributed by atoms with Crippen LogP contribution in [0.15, 0.2) is 53.9 Å². The van der Waals surface area contributed by atoms with Gasteiger partial charge in [-0.1, -0.05) is 36.4 Å². The second kappa shape index (κ2) is 15.1. The standard InChI is InChI=1S/C13H11F3S.C12H9F3S.2CO2.Li.2H2O/c1-8-7-9-3-2-4-10(11(9)17-8)12(5-6-12)13(14,15)16;13-12(14,15)11(5-6-11)9-3-1-2-8-4-7-16-10(8)9;2*2-1-3;;;/h2-4,7H,5-6H2,1H3;1-4,7H,5-6H2;;;;2*1H2/q;;;;+1;;/p-1. The Balaban J connectivity index is 0.000000637. The van der Waals surface area contributed by atoms with Crippen molar-refractivity contribution in [3.05, 3.63) is 69.9 Å². The molecule has 2 aromatic carbocycles. The fourth-order valence-corrected chi connectivity index (χ4v) is 6.74. The molecule has 0 spiro atoms. The van der Waals surface area contributed by atoms with E-state index in [1.807, 2.05) is 36.6 Å². The summed E-state index contributed by atoms with van der Waals surface area (Å²) < 4.78 is 80.0. The second-order valence-electron chi connectivity index (χ2n) is 9.05. The van der Waals surface area contributed by atoms with Gasteiger partial charge in [0.05, 0.1) is 10.8 Å². The zero-order valence-electron chi connectivity index (χ0n) is 22.2. The van der Waals surface area contributed by atoms with Crippen molar-refractivity contribution in [2.75, 3.05) is 0 Å². The van der Waals surface area contributed by atoms with Crippen molar-refractivity contribution in [1.82, 2.24) is 0 Å². The van der Waals surface area contributed by atoms with Gasteiger partial charge in [0.15, 0.2) is 0 Å². The Morgan fingerprint density at radius 2 is 1.12 bits per heavy atom. The van der Waals surface area contributed by atoms with Gasteiger partial charge in [-0.3, -0.25) is 0 Å². The average molecular weight is 629 g/mol. The van der Waals surface area contributed by atoms with Gasteiger partial charge in [0.1, 0.15) is 0 Å². The zero-order chi connectivity index (χ0) is 29.1. The topological polar surface area (TPSA) is 130 Å². The van der Waals surface area contributed by atoms with Gasteiger partial charge in [-0.2, -0.15) is 45.5 Å². The number of fused-ring (bicyclic) bond motifs is 2. The summed E-state index contributed by atoms with van der Waals surface area (Å²) in [4.78, 5) is 33.6. The van der Waals surface area contributed by atoms with Crippen LogP contribution in [0.25, 0.3) is 20.2 Å². The first-order valence-electron chi connectivity index (χ1n) is 11.4. The molecule has 0 atom stereocenters. The predicted octanol–water partition coefficient (Wildman–Crippen LogP) is 4.13. The first-order chi connectivity index (χ1) is 18.3. The molecule has 0 amide bonds. The van der Waals surface area contributed by atoms with Gasteiger partial charge < -0.3 is 11.0 Å². The monoisotopic (exact) mass is 628 g/mol. The molecule has 2 saturated carbocycles. The first-order valence-corrected chi connectivity index (χ1v) is 13.1. The maximum Gasteiger partial charge on any atom is 1.00 e. The van der Waals surface area contributed by atoms with Crippen molar-refractivity contribution in [2.24, 2.45) is 0 Å². The SMILES string of the molecule is Cc1cc2cccc(C3(C(F)(F)F)CC3)c2s1.FC(F)(F)C1(c2cccc3ccsc23)CC1.O.O=C=O.O=C=O.[Li+].[OH-]. The van der Waals surface area contributed by atoms with Crippen molar-refractivity contribution in [1.29, 1.82) is 0 Å². The minimum atomic E-state index is -4.13. The number of hydrogen-bond donors (Lipinski definition) is 0. The van der Waals surface area contributed by atoms with E-state index in [0.29, 0.717) is 11.1 Å². The molecular weight excluding hydrogens is 605 g/mol. The molecule has 0 aliphatic heterocycles. The Kier molecular flexibility index (Phi) is 14.1. The molecule has 0 saturated heterocycles. The Labute approximate surface area is 255 Å². The molecule has 0 unspecified atom stereocenters. The third kappa shape index (κ3) is 7.78. The molecule has 0 radical (unpaired) electrons. The Morgan fingerprint density at radius 3 is 1.52 bits per heavy atom. The molecule has 2 aliphatic carbocycles. The van der Waals surface area contributed by atoms with Gasteiger partial charge in [-0.25, -0.2) is 0 Å². The smallest absolute Gasteiger partial charge is 0.870 e. The quantitative estimate of drug-likeness (QED) is 0.244. The predicted molar refractivity (Wildman–Crippen MR) is 138 cm³/mol. The van der Waals surface area contributed by atoms with E-state index in [1.165, 1.54) is 22.7 Å². The van der Waals surface area contributed by atoms with E-state index in [4.69, 9.17) is 19.2 Å². The summed E-state index contributed by atoms with van der Waals surface area (Å²) >= 11 is 2.86. The van der Waals surface area contributed by atoms with E-state index in [1.54, 1.807) is 24.3 Å². The van der Waals surface area contributed by atoms with Crippen LogP contribution in [0, 0.1) is 6.92 Å². The summed E-state index contributed by atoms with van der Waals surface area (Å²) in [6.45, 7) is 1.93. The van der Waals surface area contributed by atoms with Gasteiger partial charge in [-0.05, 0) is 72.0 Å². The van der Waals surface area contributed by atoms with E-state index in [9.17, 15) is 26.3 Å². The van der Waals surface area contributed by atoms with Crippen LogP contribution in [0.1, 0.15) is 41.7 Å². The summed E-state index contributed by atoms with van der Waals surface area (Å²) in [6, 6.07) is 14.3. The average Bonchev–Trinajstić information content (AvgIpc) is 3.75. The molecule has 42 heavy (non-hydrogen) atoms. The van der Waals surface area contributed by atoms with Crippen molar-refractivity contribution >= 4 is 55.1 Å². The maximum absolute atomic E-state index is 13.1. The largest absolute Gasteiger partial charge is 1.00 e. The molecule has 0 bridgehead atoms. The van der Waals surface area contributed by atoms with E-state index < -0.39 is 23.2 Å². The molecule has 15 heteroatoms. The number of rotatable bonds is 2. The van der Waals surface area contributed by atoms with Gasteiger partial charge >= 0.3 is 43.5 Å². The minimum Gasteiger partial charge on any atom is -0.870 e. The van der Waals surface area contributed by atoms with E-state index >= 15 is 0 Å². The molecule has 3 N–H and O–H groups in total. The molecule has 2 aromatic heterocycles. The van der Waals surface area contributed by atoms with Crippen LogP contribution in [0.3, 0.4) is 0 Å². The van der Waals surface area contributed by atoms with Crippen molar-refractivity contribution in [3.63, 3.8) is 0 Å². The molecule has 6 rings (SSSR count). The summed E-state index contributed by atoms with van der Waals surface area (Å²) in [5.74, 6) is 0. The number of aryl methyl sites for hydroxylation is 1. The minimum absolute atomic E-state index is 0. The van der Waals surface area contributed by atoms with Crippen LogP contribution < -0.4 is 18.9 Å². The molecule has 4 aromatic rings. The summed E-state index contributed by atoms with van der Waals surface area (Å²) in [5, 5.41) is 3.69. The van der Waals surface area contributed by atoms with Crippen LogP contribution in [0.4, 0.5) is 26.3 Å². The maximum atomic E-state index is 13.1. The number of thiophene rings is 2. The molecule has 2 aliphatic rings. The second-order valence-corrected chi connectivity index (χ2v) is 11.2. The molecule has 6 nitrogen and oxygen atoms in total. The van der Waals surface area contributed by atoms with Gasteiger partial charge in [-0.15, -0.1) is 22.7 Å². The molecule has 222 valence electrons. The van der Waals surface area contributed by atoms with Crippen LogP contribution in [-0.4, -0.2) is 35.6 Å². The summed E-state index contributed by atoms with van der Waals surface area (Å²) in [7, 11) is 0. The molecular formula is C27H23F6LiO6S2. The third-order valence-corrected chi connectivity index (χ3v) is 8.83. The Bertz CT molecular complexity index is 1510. The zero-order valence-corrected chi connectivity index (χ0v) is 23.8. The summed E-state index contributed by atoms with van der Waals surface area (Å²) in [5.41, 5.74) is -2.19. The van der Waals surface area contributed by atoms with Gasteiger partial charge in [0.25, 0.3) is 0 Å². The first kappa shape index (κ1) is 39.2. The summed E-state index contributed by atoms with van der Waals surface area (Å²) in [6.07, 6.45) is -6.83. The fourth-order valence-electron chi connectivity index (χ4n) is 4.60. The normalized spacial score (nSPS) is 15.1. The van der Waals surface area contributed by atoms with Crippen LogP contribution in [-0.2, 0) is 30.0 Å². The van der Waals surface area contributed by atoms with Crippen LogP contribution >= 0.6 is 22.7 Å². The van der Waals surface area contributed by atoms with Crippen LogP contribution in [0.5, 0.6) is 0 Å². The fraction of sp³-hybridized carbons (Fsp3) is 0.333. The Hall–Kier alpha value is -2.78. The number of carbonyl (C=O) groups excluding carboxylic acids is 4. The number of hydrogen-bond acceptors (Lipinski definition) is 7. The van der Waals surface area contributed by atoms with E-state index in [0.717, 1.165) is 25.0 Å². The number of halogens is 6. The molecule has 2 fully saturated rings. The van der Waals surface area contributed by atoms with Crippen molar-refractivity contribution < 1.29 is 75.3 Å². The number of alkyl halides is 6. The van der Waals surface area contributed by atoms with Crippen molar-refractivity contribution in [3.8, 4) is 0 Å². The van der Waals surface area contributed by atoms with E-state index in [-0.39, 0.29) is 67.8 Å². The Morgan fingerprint density at radius 1 is 0.714 bits per heavy atom. The van der Waals surface area contributed by atoms with Gasteiger partial charge in [0.2, 0.25) is 0 Å². The van der Waals surface area contributed by atoms with E-state index in [2.05, 4.69) is 0 Å². The van der Waals surface area contributed by atoms with Crippen LogP contribution in [0.2, 0.25) is 0 Å². The van der Waals surface area contributed by atoms with Crippen molar-refractivity contribution in [2.45, 2.75) is 55.8 Å². The molecule has 2 heterocycles. The van der Waals surface area contributed by atoms with Gasteiger partial charge in [0, 0.05) is 14.3 Å². The third-order valence-electron chi connectivity index (χ3n) is 6.76.